The van der Waals surface area contributed by atoms with E-state index in [1.54, 1.807) is 11.9 Å². The maximum absolute atomic E-state index is 12.6. The molecule has 1 aliphatic rings. The number of anilines is 2. The fourth-order valence-corrected chi connectivity index (χ4v) is 1.80. The van der Waals surface area contributed by atoms with Gasteiger partial charge in [-0.25, -0.2) is 4.98 Å². The Balaban J connectivity index is 1.94. The van der Waals surface area contributed by atoms with Crippen LogP contribution in [-0.4, -0.2) is 31.8 Å². The quantitative estimate of drug-likeness (QED) is 0.818. The number of nitrogens with two attached hydrogens (primary N) is 1. The molecule has 0 unspecified atom stereocenters. The monoisotopic (exact) mass is 289 g/mol. The van der Waals surface area contributed by atoms with E-state index in [1.165, 1.54) is 12.8 Å². The van der Waals surface area contributed by atoms with E-state index < -0.39 is 11.9 Å². The van der Waals surface area contributed by atoms with Crippen LogP contribution in [0, 0.1) is 5.92 Å². The van der Waals surface area contributed by atoms with Crippen molar-refractivity contribution in [3.63, 3.8) is 0 Å². The molecule has 1 fully saturated rings. The number of rotatable bonds is 6. The predicted molar refractivity (Wildman–Crippen MR) is 70.5 cm³/mol. The van der Waals surface area contributed by atoms with E-state index in [0.29, 0.717) is 24.8 Å². The highest BCUT2D eigenvalue weighted by Crippen LogP contribution is 2.32. The molecule has 1 aliphatic carbocycles. The number of nitrogen functional groups attached to an aromatic ring is 1. The molecule has 0 bridgehead atoms. The first-order chi connectivity index (χ1) is 9.38. The van der Waals surface area contributed by atoms with Gasteiger partial charge in [-0.2, -0.15) is 13.2 Å². The number of hydrogen-bond donors (Lipinski definition) is 1. The molecule has 1 heterocycles. The Kier molecular flexibility index (Phi) is 4.37. The lowest BCUT2D eigenvalue weighted by Gasteiger charge is -2.21. The van der Waals surface area contributed by atoms with Crippen molar-refractivity contribution in [3.05, 3.63) is 18.0 Å². The number of nitrogens with zero attached hydrogens (tertiary/aromatic N) is 2. The van der Waals surface area contributed by atoms with Gasteiger partial charge in [-0.05, 0) is 24.8 Å². The number of halogens is 3. The van der Waals surface area contributed by atoms with E-state index in [1.807, 2.05) is 0 Å². The second-order valence-electron chi connectivity index (χ2n) is 5.07. The van der Waals surface area contributed by atoms with Gasteiger partial charge >= 0.3 is 6.18 Å². The second kappa shape index (κ2) is 5.87. The van der Waals surface area contributed by atoms with Crippen molar-refractivity contribution in [1.82, 2.24) is 4.98 Å². The normalized spacial score (nSPS) is 15.4. The molecule has 0 amide bonds. The third kappa shape index (κ3) is 4.00. The van der Waals surface area contributed by atoms with E-state index in [0.717, 1.165) is 18.9 Å². The molecule has 4 nitrogen and oxygen atoms in total. The van der Waals surface area contributed by atoms with Crippen LogP contribution < -0.4 is 10.6 Å². The zero-order valence-corrected chi connectivity index (χ0v) is 11.3. The Hall–Kier alpha value is -1.50. The first kappa shape index (κ1) is 14.9. The summed E-state index contributed by atoms with van der Waals surface area (Å²) in [5, 5.41) is 0. The van der Waals surface area contributed by atoms with Crippen LogP contribution in [0.2, 0.25) is 0 Å². The zero-order chi connectivity index (χ0) is 14.8. The van der Waals surface area contributed by atoms with E-state index in [-0.39, 0.29) is 5.69 Å². The second-order valence-corrected chi connectivity index (χ2v) is 5.07. The van der Waals surface area contributed by atoms with Gasteiger partial charge in [-0.3, -0.25) is 0 Å². The van der Waals surface area contributed by atoms with Crippen molar-refractivity contribution in [3.8, 4) is 0 Å². The fourth-order valence-electron chi connectivity index (χ4n) is 1.80. The molecule has 112 valence electrons. The minimum Gasteiger partial charge on any atom is -0.396 e. The fraction of sp³-hybridized carbons (Fsp3) is 0.615. The summed E-state index contributed by atoms with van der Waals surface area (Å²) in [5.41, 5.74) is 5.29. The van der Waals surface area contributed by atoms with Crippen LogP contribution in [0.15, 0.2) is 12.3 Å². The standard InChI is InChI=1S/C13H18F3N3O/c1-19(4-5-20-8-9-2-3-9)11-6-12(13(14,15)16)18-7-10(11)17/h6-7,9H,2-5,8,17H2,1H3. The van der Waals surface area contributed by atoms with Crippen LogP contribution in [0.3, 0.4) is 0 Å². The number of likely N-dealkylation sites (N-methyl/N-ethyl adjacent to an activating group) is 1. The lowest BCUT2D eigenvalue weighted by atomic mass is 10.2. The van der Waals surface area contributed by atoms with Gasteiger partial charge in [0.25, 0.3) is 0 Å². The van der Waals surface area contributed by atoms with Gasteiger partial charge in [-0.1, -0.05) is 0 Å². The van der Waals surface area contributed by atoms with Crippen molar-refractivity contribution in [2.24, 2.45) is 5.92 Å². The third-order valence-electron chi connectivity index (χ3n) is 3.24. The first-order valence-corrected chi connectivity index (χ1v) is 6.49. The van der Waals surface area contributed by atoms with Crippen LogP contribution in [0.4, 0.5) is 24.5 Å². The molecule has 0 aromatic carbocycles. The summed E-state index contributed by atoms with van der Waals surface area (Å²) in [6, 6.07) is 0.968. The zero-order valence-electron chi connectivity index (χ0n) is 11.3. The van der Waals surface area contributed by atoms with Crippen LogP contribution in [0.5, 0.6) is 0 Å². The molecular formula is C13H18F3N3O. The highest BCUT2D eigenvalue weighted by Gasteiger charge is 2.33. The van der Waals surface area contributed by atoms with Crippen molar-refractivity contribution in [2.75, 3.05) is 37.4 Å². The average Bonchev–Trinajstić information content (AvgIpc) is 3.17. The predicted octanol–water partition coefficient (Wildman–Crippen LogP) is 2.55. The summed E-state index contributed by atoms with van der Waals surface area (Å²) in [6.07, 6.45) is -1.00. The molecule has 1 saturated carbocycles. The Labute approximate surface area is 115 Å². The number of aromatic nitrogens is 1. The summed E-state index contributed by atoms with van der Waals surface area (Å²) in [7, 11) is 1.69. The van der Waals surface area contributed by atoms with Crippen molar-refractivity contribution < 1.29 is 17.9 Å². The van der Waals surface area contributed by atoms with Crippen molar-refractivity contribution in [2.45, 2.75) is 19.0 Å². The van der Waals surface area contributed by atoms with E-state index in [9.17, 15) is 13.2 Å². The summed E-state index contributed by atoms with van der Waals surface area (Å²) in [5.74, 6) is 0.670. The molecule has 2 rings (SSSR count). The van der Waals surface area contributed by atoms with Crippen molar-refractivity contribution in [1.29, 1.82) is 0 Å². The SMILES string of the molecule is CN(CCOCC1CC1)c1cc(C(F)(F)F)ncc1N. The highest BCUT2D eigenvalue weighted by atomic mass is 19.4. The van der Waals surface area contributed by atoms with E-state index in [2.05, 4.69) is 4.98 Å². The van der Waals surface area contributed by atoms with Gasteiger partial charge < -0.3 is 15.4 Å². The molecule has 1 aromatic heterocycles. The minimum absolute atomic E-state index is 0.225. The number of hydrogen-bond acceptors (Lipinski definition) is 4. The molecule has 0 saturated heterocycles. The van der Waals surface area contributed by atoms with Gasteiger partial charge in [0.2, 0.25) is 0 Å². The average molecular weight is 289 g/mol. The van der Waals surface area contributed by atoms with Crippen LogP contribution in [0.25, 0.3) is 0 Å². The Morgan fingerprint density at radius 3 is 2.75 bits per heavy atom. The summed E-state index contributed by atoms with van der Waals surface area (Å²) in [4.78, 5) is 4.96. The summed E-state index contributed by atoms with van der Waals surface area (Å²) in [6.45, 7) is 1.68. The largest absolute Gasteiger partial charge is 0.433 e. The molecular weight excluding hydrogens is 271 g/mol. The van der Waals surface area contributed by atoms with Gasteiger partial charge in [0, 0.05) is 20.2 Å². The molecule has 0 aliphatic heterocycles. The number of ether oxygens (including phenoxy) is 1. The molecule has 2 N–H and O–H groups in total. The van der Waals surface area contributed by atoms with E-state index in [4.69, 9.17) is 10.5 Å². The van der Waals surface area contributed by atoms with Gasteiger partial charge in [0.05, 0.1) is 24.2 Å². The lowest BCUT2D eigenvalue weighted by molar-refractivity contribution is -0.141. The smallest absolute Gasteiger partial charge is 0.396 e. The maximum Gasteiger partial charge on any atom is 0.433 e. The Bertz CT molecular complexity index is 461. The molecule has 20 heavy (non-hydrogen) atoms. The molecule has 7 heteroatoms. The lowest BCUT2D eigenvalue weighted by Crippen LogP contribution is -2.24. The first-order valence-electron chi connectivity index (χ1n) is 6.49. The molecule has 1 aromatic rings. The van der Waals surface area contributed by atoms with Gasteiger partial charge in [0.15, 0.2) is 0 Å². The molecule has 0 atom stereocenters. The highest BCUT2D eigenvalue weighted by molar-refractivity contribution is 5.66. The van der Waals surface area contributed by atoms with E-state index >= 15 is 0 Å². The van der Waals surface area contributed by atoms with Gasteiger partial charge in [0.1, 0.15) is 5.69 Å². The minimum atomic E-state index is -4.47. The van der Waals surface area contributed by atoms with Crippen LogP contribution in [0.1, 0.15) is 18.5 Å². The topological polar surface area (TPSA) is 51.4 Å². The molecule has 0 radical (unpaired) electrons. The van der Waals surface area contributed by atoms with Gasteiger partial charge in [-0.15, -0.1) is 0 Å². The summed E-state index contributed by atoms with van der Waals surface area (Å²) < 4.78 is 43.3. The Morgan fingerprint density at radius 1 is 1.45 bits per heavy atom. The third-order valence-corrected chi connectivity index (χ3v) is 3.24. The Morgan fingerprint density at radius 2 is 2.15 bits per heavy atom. The number of alkyl halides is 3. The molecule has 0 spiro atoms. The number of pyridine rings is 1. The van der Waals surface area contributed by atoms with Crippen LogP contribution in [-0.2, 0) is 10.9 Å². The van der Waals surface area contributed by atoms with Crippen molar-refractivity contribution >= 4 is 11.4 Å². The maximum atomic E-state index is 12.6. The van der Waals surface area contributed by atoms with Crippen LogP contribution >= 0.6 is 0 Å². The summed E-state index contributed by atoms with van der Waals surface area (Å²) >= 11 is 0.